The van der Waals surface area contributed by atoms with Crippen LogP contribution in [-0.4, -0.2) is 6.61 Å². The van der Waals surface area contributed by atoms with E-state index in [4.69, 9.17) is 4.74 Å². The first kappa shape index (κ1) is 11.0. The van der Waals surface area contributed by atoms with Crippen LogP contribution < -0.4 is 4.74 Å². The fourth-order valence-electron chi connectivity index (χ4n) is 2.23. The monoisotopic (exact) mass is 238 g/mol. The maximum Gasteiger partial charge on any atom is 0.200 e. The minimum Gasteiger partial charge on any atom is -0.490 e. The van der Waals surface area contributed by atoms with Crippen LogP contribution in [0.25, 0.3) is 0 Å². The molecule has 0 N–H and O–H groups in total. The molecule has 1 aromatic carbocycles. The van der Waals surface area contributed by atoms with E-state index in [-0.39, 0.29) is 11.7 Å². The van der Waals surface area contributed by atoms with E-state index in [1.54, 1.807) is 12.1 Å². The molecule has 0 aliphatic heterocycles. The predicted octanol–water partition coefficient (Wildman–Crippen LogP) is 4.02. The molecule has 2 aliphatic carbocycles. The van der Waals surface area contributed by atoms with Crippen molar-refractivity contribution in [3.05, 3.63) is 29.3 Å². The fourth-order valence-corrected chi connectivity index (χ4v) is 2.23. The van der Waals surface area contributed by atoms with Gasteiger partial charge in [0.05, 0.1) is 6.61 Å². The summed E-state index contributed by atoms with van der Waals surface area (Å²) in [5.74, 6) is -0.697. The van der Waals surface area contributed by atoms with Crippen molar-refractivity contribution in [1.29, 1.82) is 0 Å². The smallest absolute Gasteiger partial charge is 0.200 e. The van der Waals surface area contributed by atoms with Gasteiger partial charge < -0.3 is 4.74 Å². The zero-order chi connectivity index (χ0) is 11.8. The first-order valence-corrected chi connectivity index (χ1v) is 6.36. The highest BCUT2D eigenvalue weighted by Gasteiger charge is 2.29. The van der Waals surface area contributed by atoms with Gasteiger partial charge in [-0.3, -0.25) is 0 Å². The quantitative estimate of drug-likeness (QED) is 0.769. The Morgan fingerprint density at radius 1 is 1.06 bits per heavy atom. The van der Waals surface area contributed by atoms with E-state index in [0.29, 0.717) is 18.1 Å². The van der Waals surface area contributed by atoms with Crippen LogP contribution >= 0.6 is 0 Å². The molecule has 2 saturated carbocycles. The second-order valence-corrected chi connectivity index (χ2v) is 5.16. The van der Waals surface area contributed by atoms with E-state index in [1.165, 1.54) is 6.42 Å². The molecule has 2 fully saturated rings. The molecule has 0 spiro atoms. The van der Waals surface area contributed by atoms with E-state index in [1.807, 2.05) is 0 Å². The Morgan fingerprint density at radius 2 is 1.82 bits per heavy atom. The van der Waals surface area contributed by atoms with Gasteiger partial charge in [0.15, 0.2) is 11.6 Å². The average Bonchev–Trinajstić information content (AvgIpc) is 3.06. The van der Waals surface area contributed by atoms with Crippen molar-refractivity contribution in [3.63, 3.8) is 0 Å². The van der Waals surface area contributed by atoms with Crippen molar-refractivity contribution in [2.24, 2.45) is 5.92 Å². The maximum absolute atomic E-state index is 13.7. The van der Waals surface area contributed by atoms with E-state index >= 15 is 0 Å². The lowest BCUT2D eigenvalue weighted by atomic mass is 9.86. The summed E-state index contributed by atoms with van der Waals surface area (Å²) in [5.41, 5.74) is 0.512. The highest BCUT2D eigenvalue weighted by atomic mass is 19.2. The third kappa shape index (κ3) is 2.15. The molecule has 0 heterocycles. The van der Waals surface area contributed by atoms with Crippen molar-refractivity contribution in [3.8, 4) is 5.75 Å². The molecule has 0 radical (unpaired) electrons. The first-order chi connectivity index (χ1) is 8.25. The second-order valence-electron chi connectivity index (χ2n) is 5.16. The summed E-state index contributed by atoms with van der Waals surface area (Å²) in [4.78, 5) is 0. The Labute approximate surface area is 99.8 Å². The molecule has 3 rings (SSSR count). The van der Waals surface area contributed by atoms with Crippen molar-refractivity contribution < 1.29 is 13.5 Å². The van der Waals surface area contributed by atoms with E-state index < -0.39 is 11.6 Å². The van der Waals surface area contributed by atoms with Crippen LogP contribution in [0, 0.1) is 17.6 Å². The summed E-state index contributed by atoms with van der Waals surface area (Å²) in [6, 6.07) is 3.25. The van der Waals surface area contributed by atoms with Gasteiger partial charge in [-0.1, -0.05) is 12.5 Å². The minimum atomic E-state index is -0.811. The van der Waals surface area contributed by atoms with Gasteiger partial charge in [-0.05, 0) is 49.1 Å². The Bertz CT molecular complexity index is 422. The van der Waals surface area contributed by atoms with Gasteiger partial charge in [0, 0.05) is 0 Å². The Morgan fingerprint density at radius 3 is 2.41 bits per heavy atom. The van der Waals surface area contributed by atoms with Crippen LogP contribution in [0.15, 0.2) is 12.1 Å². The molecular formula is C14H16F2O. The van der Waals surface area contributed by atoms with Crippen LogP contribution in [0.1, 0.15) is 43.6 Å². The number of hydrogen-bond acceptors (Lipinski definition) is 1. The Balaban J connectivity index is 1.72. The zero-order valence-electron chi connectivity index (χ0n) is 9.72. The number of hydrogen-bond donors (Lipinski definition) is 0. The molecule has 0 atom stereocenters. The zero-order valence-corrected chi connectivity index (χ0v) is 9.72. The lowest BCUT2D eigenvalue weighted by Crippen LogP contribution is -2.19. The first-order valence-electron chi connectivity index (χ1n) is 6.36. The van der Waals surface area contributed by atoms with Gasteiger partial charge in [-0.25, -0.2) is 4.39 Å². The summed E-state index contributed by atoms with van der Waals surface area (Å²) >= 11 is 0. The van der Waals surface area contributed by atoms with Crippen molar-refractivity contribution in [2.45, 2.75) is 38.0 Å². The van der Waals surface area contributed by atoms with Crippen molar-refractivity contribution in [1.82, 2.24) is 0 Å². The third-order valence-corrected chi connectivity index (χ3v) is 3.79. The molecule has 17 heavy (non-hydrogen) atoms. The molecule has 1 nitrogen and oxygen atoms in total. The summed E-state index contributed by atoms with van der Waals surface area (Å²) in [6.07, 6.45) is 5.46. The number of halogens is 2. The van der Waals surface area contributed by atoms with Crippen LogP contribution in [0.2, 0.25) is 0 Å². The molecule has 0 amide bonds. The standard InChI is InChI=1S/C14H16F2O/c15-13-11(10-4-5-10)6-7-12(14(13)16)17-8-9-2-1-3-9/h6-7,9-10H,1-5,8H2. The summed E-state index contributed by atoms with van der Waals surface area (Å²) in [7, 11) is 0. The van der Waals surface area contributed by atoms with Gasteiger partial charge in [-0.15, -0.1) is 0 Å². The lowest BCUT2D eigenvalue weighted by Gasteiger charge is -2.25. The van der Waals surface area contributed by atoms with Crippen molar-refractivity contribution >= 4 is 0 Å². The second kappa shape index (κ2) is 4.28. The molecule has 0 saturated heterocycles. The van der Waals surface area contributed by atoms with Gasteiger partial charge in [0.1, 0.15) is 0 Å². The van der Waals surface area contributed by atoms with Crippen LogP contribution in [0.4, 0.5) is 8.78 Å². The molecule has 92 valence electrons. The van der Waals surface area contributed by atoms with E-state index in [0.717, 1.165) is 25.7 Å². The summed E-state index contributed by atoms with van der Waals surface area (Å²) in [6.45, 7) is 0.513. The molecule has 1 aromatic rings. The SMILES string of the molecule is Fc1c(OCC2CCC2)ccc(C2CC2)c1F. The van der Waals surface area contributed by atoms with Crippen molar-refractivity contribution in [2.75, 3.05) is 6.61 Å². The number of benzene rings is 1. The topological polar surface area (TPSA) is 9.23 Å². The number of rotatable bonds is 4. The predicted molar refractivity (Wildman–Crippen MR) is 61.2 cm³/mol. The molecule has 0 bridgehead atoms. The minimum absolute atomic E-state index is 0.0683. The largest absolute Gasteiger partial charge is 0.490 e. The normalized spacial score (nSPS) is 20.1. The Kier molecular flexibility index (Phi) is 2.77. The molecule has 2 aliphatic rings. The molecule has 0 aromatic heterocycles. The molecule has 3 heteroatoms. The molecular weight excluding hydrogens is 222 g/mol. The van der Waals surface area contributed by atoms with E-state index in [2.05, 4.69) is 0 Å². The summed E-state index contributed by atoms with van der Waals surface area (Å²) < 4.78 is 32.8. The fraction of sp³-hybridized carbons (Fsp3) is 0.571. The maximum atomic E-state index is 13.7. The van der Waals surface area contributed by atoms with Crippen LogP contribution in [0.3, 0.4) is 0 Å². The number of ether oxygens (including phenoxy) is 1. The summed E-state index contributed by atoms with van der Waals surface area (Å²) in [5, 5.41) is 0. The van der Waals surface area contributed by atoms with E-state index in [9.17, 15) is 8.78 Å². The third-order valence-electron chi connectivity index (χ3n) is 3.79. The lowest BCUT2D eigenvalue weighted by molar-refractivity contribution is 0.174. The van der Waals surface area contributed by atoms with Gasteiger partial charge in [-0.2, -0.15) is 4.39 Å². The van der Waals surface area contributed by atoms with Gasteiger partial charge in [0.25, 0.3) is 0 Å². The Hall–Kier alpha value is -1.12. The van der Waals surface area contributed by atoms with Crippen LogP contribution in [0.5, 0.6) is 5.75 Å². The highest BCUT2D eigenvalue weighted by molar-refractivity contribution is 5.34. The van der Waals surface area contributed by atoms with Crippen LogP contribution in [-0.2, 0) is 0 Å². The highest BCUT2D eigenvalue weighted by Crippen LogP contribution is 2.42. The molecule has 0 unspecified atom stereocenters. The average molecular weight is 238 g/mol. The van der Waals surface area contributed by atoms with Gasteiger partial charge >= 0.3 is 0 Å². The van der Waals surface area contributed by atoms with Gasteiger partial charge in [0.2, 0.25) is 5.82 Å².